The van der Waals surface area contributed by atoms with Gasteiger partial charge in [-0.1, -0.05) is 6.07 Å². The largest absolute Gasteiger partial charge is 0.435 e. The smallest absolute Gasteiger partial charge is 0.387 e. The molecule has 1 aliphatic carbocycles. The number of benzene rings is 1. The fraction of sp³-hybridized carbons (Fsp3) is 0.312. The maximum Gasteiger partial charge on any atom is 0.387 e. The van der Waals surface area contributed by atoms with Crippen molar-refractivity contribution in [3.05, 3.63) is 46.0 Å². The van der Waals surface area contributed by atoms with E-state index in [-0.39, 0.29) is 17.1 Å². The van der Waals surface area contributed by atoms with E-state index in [1.807, 2.05) is 0 Å². The number of alkyl halides is 2. The Bertz CT molecular complexity index is 936. The first-order valence-electron chi connectivity index (χ1n) is 7.56. The Hall–Kier alpha value is -2.42. The quantitative estimate of drug-likeness (QED) is 0.879. The minimum atomic E-state index is -3.72. The number of ether oxygens (including phenoxy) is 1. The molecule has 9 heteroatoms. The normalized spacial score (nSPS) is 14.2. The van der Waals surface area contributed by atoms with Crippen molar-refractivity contribution in [2.45, 2.75) is 26.4 Å². The first-order chi connectivity index (χ1) is 11.7. The molecule has 1 aromatic carbocycles. The van der Waals surface area contributed by atoms with Gasteiger partial charge in [0.05, 0.1) is 10.6 Å². The highest BCUT2D eigenvalue weighted by molar-refractivity contribution is 7.96. The predicted molar refractivity (Wildman–Crippen MR) is 89.9 cm³/mol. The van der Waals surface area contributed by atoms with E-state index < -0.39 is 16.6 Å². The average Bonchev–Trinajstić information content (AvgIpc) is 2.83. The van der Waals surface area contributed by atoms with E-state index in [0.29, 0.717) is 23.5 Å². The molecule has 6 nitrogen and oxygen atoms in total. The van der Waals surface area contributed by atoms with Crippen molar-refractivity contribution < 1.29 is 21.9 Å². The molecule has 0 radical (unpaired) electrons. The van der Waals surface area contributed by atoms with Crippen LogP contribution in [-0.2, 0) is 23.5 Å². The van der Waals surface area contributed by atoms with Crippen LogP contribution in [0, 0.1) is 6.92 Å². The molecule has 0 amide bonds. The number of aryl methyl sites for hydroxylation is 3. The highest BCUT2D eigenvalue weighted by atomic mass is 32.2. The van der Waals surface area contributed by atoms with Crippen LogP contribution in [-0.4, -0.2) is 24.8 Å². The third kappa shape index (κ3) is 3.81. The zero-order valence-electron chi connectivity index (χ0n) is 13.7. The maximum absolute atomic E-state index is 12.6. The third-order valence-electron chi connectivity index (χ3n) is 3.88. The summed E-state index contributed by atoms with van der Waals surface area (Å²) in [6.07, 6.45) is 2.25. The van der Waals surface area contributed by atoms with Crippen molar-refractivity contribution in [1.82, 2.24) is 9.78 Å². The molecule has 3 rings (SSSR count). The monoisotopic (exact) mass is 369 g/mol. The molecule has 0 bridgehead atoms. The molecule has 0 atom stereocenters. The second-order valence-electron chi connectivity index (χ2n) is 5.75. The van der Waals surface area contributed by atoms with Gasteiger partial charge >= 0.3 is 6.61 Å². The Morgan fingerprint density at radius 2 is 2.04 bits per heavy atom. The van der Waals surface area contributed by atoms with Gasteiger partial charge in [0.15, 0.2) is 0 Å². The van der Waals surface area contributed by atoms with Gasteiger partial charge in [0.25, 0.3) is 10.0 Å². The Labute approximate surface area is 144 Å². The van der Waals surface area contributed by atoms with Crippen LogP contribution in [0.1, 0.15) is 23.2 Å². The second-order valence-corrected chi connectivity index (χ2v) is 7.49. The second kappa shape index (κ2) is 6.47. The van der Waals surface area contributed by atoms with Gasteiger partial charge in [-0.15, -0.1) is 0 Å². The molecule has 1 N–H and O–H groups in total. The van der Waals surface area contributed by atoms with Crippen molar-refractivity contribution >= 4 is 21.9 Å². The van der Waals surface area contributed by atoms with Gasteiger partial charge in [-0.25, -0.2) is 8.42 Å². The SMILES string of the molecule is Cc1cc(NS(=O)(=O)C2=Cc3ccc(OC(F)F)cc3CC2)n(C)n1. The Kier molecular flexibility index (Phi) is 4.51. The molecule has 25 heavy (non-hydrogen) atoms. The topological polar surface area (TPSA) is 73.2 Å². The number of fused-ring (bicyclic) bond motifs is 1. The molecule has 1 heterocycles. The van der Waals surface area contributed by atoms with Crippen molar-refractivity contribution in [1.29, 1.82) is 0 Å². The fourth-order valence-electron chi connectivity index (χ4n) is 2.74. The highest BCUT2D eigenvalue weighted by Gasteiger charge is 2.23. The molecular formula is C16H17F2N3O3S. The summed E-state index contributed by atoms with van der Waals surface area (Å²) in [7, 11) is -2.07. The summed E-state index contributed by atoms with van der Waals surface area (Å²) < 4.78 is 58.1. The number of rotatable bonds is 5. The van der Waals surface area contributed by atoms with Crippen LogP contribution in [0.2, 0.25) is 0 Å². The molecule has 0 fully saturated rings. The Balaban J connectivity index is 1.86. The summed E-state index contributed by atoms with van der Waals surface area (Å²) in [6, 6.07) is 6.13. The van der Waals surface area contributed by atoms with Crippen molar-refractivity contribution in [2.75, 3.05) is 4.72 Å². The minimum Gasteiger partial charge on any atom is -0.435 e. The number of hydrogen-bond donors (Lipinski definition) is 1. The van der Waals surface area contributed by atoms with E-state index in [0.717, 1.165) is 5.56 Å². The van der Waals surface area contributed by atoms with Crippen molar-refractivity contribution in [3.63, 3.8) is 0 Å². The van der Waals surface area contributed by atoms with Crippen LogP contribution in [0.4, 0.5) is 14.6 Å². The number of allylic oxidation sites excluding steroid dienone is 1. The minimum absolute atomic E-state index is 0.0666. The number of nitrogens with zero attached hydrogens (tertiary/aromatic N) is 2. The summed E-state index contributed by atoms with van der Waals surface area (Å²) in [6.45, 7) is -1.12. The van der Waals surface area contributed by atoms with E-state index in [2.05, 4.69) is 14.6 Å². The highest BCUT2D eigenvalue weighted by Crippen LogP contribution is 2.31. The molecule has 0 saturated heterocycles. The lowest BCUT2D eigenvalue weighted by atomic mass is 9.97. The zero-order valence-corrected chi connectivity index (χ0v) is 14.5. The molecular weight excluding hydrogens is 352 g/mol. The first-order valence-corrected chi connectivity index (χ1v) is 9.05. The Morgan fingerprint density at radius 3 is 2.68 bits per heavy atom. The lowest BCUT2D eigenvalue weighted by molar-refractivity contribution is -0.0498. The van der Waals surface area contributed by atoms with Gasteiger partial charge in [-0.3, -0.25) is 9.40 Å². The van der Waals surface area contributed by atoms with E-state index in [1.165, 1.54) is 16.8 Å². The van der Waals surface area contributed by atoms with E-state index in [1.54, 1.807) is 32.2 Å². The predicted octanol–water partition coefficient (Wildman–Crippen LogP) is 3.06. The van der Waals surface area contributed by atoms with E-state index >= 15 is 0 Å². The number of aromatic nitrogens is 2. The molecule has 134 valence electrons. The standard InChI is InChI=1S/C16H17F2N3O3S/c1-10-7-15(21(2)19-10)20-25(22,23)14-6-4-11-8-13(24-16(17)18)5-3-12(11)9-14/h3,5,7-9,16,20H,4,6H2,1-2H3. The third-order valence-corrected chi connectivity index (χ3v) is 5.37. The Morgan fingerprint density at radius 1 is 1.28 bits per heavy atom. The van der Waals surface area contributed by atoms with E-state index in [4.69, 9.17) is 0 Å². The van der Waals surface area contributed by atoms with Crippen LogP contribution in [0.5, 0.6) is 5.75 Å². The number of hydrogen-bond acceptors (Lipinski definition) is 4. The van der Waals surface area contributed by atoms with Gasteiger partial charge in [0.2, 0.25) is 0 Å². The van der Waals surface area contributed by atoms with Crippen molar-refractivity contribution in [2.24, 2.45) is 7.05 Å². The van der Waals surface area contributed by atoms with Crippen LogP contribution >= 0.6 is 0 Å². The molecule has 0 saturated carbocycles. The number of anilines is 1. The van der Waals surface area contributed by atoms with Gasteiger partial charge < -0.3 is 4.74 Å². The number of nitrogens with one attached hydrogen (secondary N) is 1. The summed E-state index contributed by atoms with van der Waals surface area (Å²) in [5, 5.41) is 4.10. The lowest BCUT2D eigenvalue weighted by Crippen LogP contribution is -2.19. The molecule has 1 aromatic heterocycles. The van der Waals surface area contributed by atoms with Gasteiger partial charge in [-0.05, 0) is 49.1 Å². The van der Waals surface area contributed by atoms with Gasteiger partial charge in [0.1, 0.15) is 11.6 Å². The summed E-state index contributed by atoms with van der Waals surface area (Å²) in [4.78, 5) is 0.237. The summed E-state index contributed by atoms with van der Waals surface area (Å²) in [5.74, 6) is 0.446. The maximum atomic E-state index is 12.6. The van der Waals surface area contributed by atoms with Gasteiger partial charge in [0, 0.05) is 13.1 Å². The molecule has 2 aromatic rings. The molecule has 0 aliphatic heterocycles. The number of sulfonamides is 1. The van der Waals surface area contributed by atoms with Crippen LogP contribution in [0.25, 0.3) is 6.08 Å². The van der Waals surface area contributed by atoms with Gasteiger partial charge in [-0.2, -0.15) is 13.9 Å². The van der Waals surface area contributed by atoms with Crippen LogP contribution in [0.15, 0.2) is 29.2 Å². The van der Waals surface area contributed by atoms with Crippen LogP contribution in [0.3, 0.4) is 0 Å². The average molecular weight is 369 g/mol. The molecule has 0 unspecified atom stereocenters. The van der Waals surface area contributed by atoms with E-state index in [9.17, 15) is 17.2 Å². The molecule has 1 aliphatic rings. The van der Waals surface area contributed by atoms with Crippen molar-refractivity contribution in [3.8, 4) is 5.75 Å². The summed E-state index contributed by atoms with van der Waals surface area (Å²) >= 11 is 0. The fourth-order valence-corrected chi connectivity index (χ4v) is 3.99. The first kappa shape index (κ1) is 17.4. The lowest BCUT2D eigenvalue weighted by Gasteiger charge is -2.18. The van der Waals surface area contributed by atoms with Crippen LogP contribution < -0.4 is 9.46 Å². The molecule has 0 spiro atoms. The summed E-state index contributed by atoms with van der Waals surface area (Å²) in [5.41, 5.74) is 2.15. The number of halogens is 2. The zero-order chi connectivity index (χ0) is 18.2.